The Morgan fingerprint density at radius 3 is 2.38 bits per heavy atom. The van der Waals surface area contributed by atoms with Gasteiger partial charge in [-0.15, -0.1) is 11.3 Å². The number of nitriles is 1. The number of hydrogen-bond acceptors (Lipinski definition) is 4. The number of nitrogens with zero attached hydrogens (tertiary/aromatic N) is 2. The molecule has 0 aliphatic carbocycles. The molecule has 0 aliphatic rings. The molecule has 0 saturated heterocycles. The fourth-order valence-electron chi connectivity index (χ4n) is 2.89. The number of aromatic nitrogens is 1. The minimum absolute atomic E-state index is 0.533. The highest BCUT2D eigenvalue weighted by molar-refractivity contribution is 7.11. The second-order valence-corrected chi connectivity index (χ2v) is 7.35. The van der Waals surface area contributed by atoms with E-state index >= 15 is 0 Å². The average Bonchev–Trinajstić information content (AvgIpc) is 3.06. The second kappa shape index (κ2) is 7.55. The van der Waals surface area contributed by atoms with Gasteiger partial charge >= 0.3 is 0 Å². The molecule has 2 aromatic carbocycles. The first-order chi connectivity index (χ1) is 12.5. The number of nitrogens with one attached hydrogen (secondary N) is 1. The SMILES string of the molecule is Cc1ccc(N/C=C(/C#N)c2nc(-c3ccc(C)cc3C)cs2)c(C)c1. The van der Waals surface area contributed by atoms with E-state index in [9.17, 15) is 5.26 Å². The Morgan fingerprint density at radius 1 is 1.04 bits per heavy atom. The molecule has 0 bridgehead atoms. The number of thiazole rings is 1. The van der Waals surface area contributed by atoms with Crippen molar-refractivity contribution in [1.82, 2.24) is 4.98 Å². The van der Waals surface area contributed by atoms with Crippen LogP contribution in [-0.4, -0.2) is 4.98 Å². The molecule has 130 valence electrons. The maximum Gasteiger partial charge on any atom is 0.136 e. The van der Waals surface area contributed by atoms with Crippen LogP contribution in [0.3, 0.4) is 0 Å². The predicted molar refractivity (Wildman–Crippen MR) is 110 cm³/mol. The van der Waals surface area contributed by atoms with E-state index in [1.807, 2.05) is 11.4 Å². The molecule has 0 fully saturated rings. The maximum absolute atomic E-state index is 9.55. The topological polar surface area (TPSA) is 48.7 Å². The lowest BCUT2D eigenvalue weighted by molar-refractivity contribution is 1.32. The van der Waals surface area contributed by atoms with Gasteiger partial charge in [0.25, 0.3) is 0 Å². The van der Waals surface area contributed by atoms with E-state index in [0.29, 0.717) is 5.57 Å². The van der Waals surface area contributed by atoms with Crippen LogP contribution in [0.25, 0.3) is 16.8 Å². The van der Waals surface area contributed by atoms with E-state index in [1.165, 1.54) is 28.0 Å². The van der Waals surface area contributed by atoms with Crippen LogP contribution in [0.4, 0.5) is 5.69 Å². The number of benzene rings is 2. The fraction of sp³-hybridized carbons (Fsp3) is 0.182. The Balaban J connectivity index is 1.87. The Morgan fingerprint density at radius 2 is 1.73 bits per heavy atom. The summed E-state index contributed by atoms with van der Waals surface area (Å²) < 4.78 is 0. The summed E-state index contributed by atoms with van der Waals surface area (Å²) >= 11 is 1.49. The van der Waals surface area contributed by atoms with Crippen LogP contribution in [0.1, 0.15) is 27.3 Å². The summed E-state index contributed by atoms with van der Waals surface area (Å²) in [5.74, 6) is 0. The molecule has 26 heavy (non-hydrogen) atoms. The van der Waals surface area contributed by atoms with E-state index in [4.69, 9.17) is 0 Å². The molecule has 4 heteroatoms. The third-order valence-electron chi connectivity index (χ3n) is 4.27. The molecule has 0 aliphatic heterocycles. The summed E-state index contributed by atoms with van der Waals surface area (Å²) in [7, 11) is 0. The summed E-state index contributed by atoms with van der Waals surface area (Å²) in [5, 5.41) is 15.5. The molecule has 1 aromatic heterocycles. The molecule has 0 radical (unpaired) electrons. The van der Waals surface area contributed by atoms with Gasteiger partial charge in [-0.05, 0) is 44.9 Å². The largest absolute Gasteiger partial charge is 0.360 e. The van der Waals surface area contributed by atoms with Crippen LogP contribution < -0.4 is 5.32 Å². The molecule has 0 spiro atoms. The van der Waals surface area contributed by atoms with Crippen LogP contribution in [0.2, 0.25) is 0 Å². The molecular weight excluding hydrogens is 338 g/mol. The standard InChI is InChI=1S/C22H21N3S/c1-14-5-7-19(16(3)9-14)21-13-26-22(25-21)18(11-23)12-24-20-8-6-15(2)10-17(20)4/h5-10,12-13,24H,1-4H3/b18-12-. The number of allylic oxidation sites excluding steroid dienone is 1. The number of rotatable bonds is 4. The van der Waals surface area contributed by atoms with Crippen LogP contribution in [0.5, 0.6) is 0 Å². The van der Waals surface area contributed by atoms with E-state index in [1.54, 1.807) is 6.20 Å². The van der Waals surface area contributed by atoms with Gasteiger partial charge in [0.15, 0.2) is 0 Å². The Labute approximate surface area is 158 Å². The maximum atomic E-state index is 9.55. The van der Waals surface area contributed by atoms with Gasteiger partial charge in [-0.1, -0.05) is 41.5 Å². The highest BCUT2D eigenvalue weighted by Crippen LogP contribution is 2.29. The molecule has 3 nitrogen and oxygen atoms in total. The second-order valence-electron chi connectivity index (χ2n) is 6.49. The van der Waals surface area contributed by atoms with Gasteiger partial charge in [-0.3, -0.25) is 0 Å². The van der Waals surface area contributed by atoms with Crippen molar-refractivity contribution in [1.29, 1.82) is 5.26 Å². The summed E-state index contributed by atoms with van der Waals surface area (Å²) in [5.41, 5.74) is 8.34. The Kier molecular flexibility index (Phi) is 5.20. The fourth-order valence-corrected chi connectivity index (χ4v) is 3.67. The highest BCUT2D eigenvalue weighted by Gasteiger charge is 2.11. The van der Waals surface area contributed by atoms with Gasteiger partial charge in [-0.2, -0.15) is 5.26 Å². The van der Waals surface area contributed by atoms with Crippen LogP contribution in [0.15, 0.2) is 48.0 Å². The highest BCUT2D eigenvalue weighted by atomic mass is 32.1. The van der Waals surface area contributed by atoms with Crippen molar-refractivity contribution in [3.05, 3.63) is 75.2 Å². The van der Waals surface area contributed by atoms with Crippen molar-refractivity contribution in [2.75, 3.05) is 5.32 Å². The minimum Gasteiger partial charge on any atom is -0.360 e. The molecule has 3 rings (SSSR count). The van der Waals surface area contributed by atoms with Crippen molar-refractivity contribution in [3.63, 3.8) is 0 Å². The van der Waals surface area contributed by atoms with Crippen molar-refractivity contribution in [2.24, 2.45) is 0 Å². The van der Waals surface area contributed by atoms with E-state index in [-0.39, 0.29) is 0 Å². The van der Waals surface area contributed by atoms with Gasteiger partial charge in [-0.25, -0.2) is 4.98 Å². The normalized spacial score (nSPS) is 11.3. The zero-order chi connectivity index (χ0) is 18.7. The van der Waals surface area contributed by atoms with Crippen LogP contribution in [0, 0.1) is 39.0 Å². The van der Waals surface area contributed by atoms with Crippen LogP contribution in [-0.2, 0) is 0 Å². The van der Waals surface area contributed by atoms with Crippen molar-refractivity contribution in [3.8, 4) is 17.3 Å². The molecule has 0 saturated carbocycles. The van der Waals surface area contributed by atoms with Gasteiger partial charge < -0.3 is 5.32 Å². The van der Waals surface area contributed by atoms with Gasteiger partial charge in [0, 0.05) is 22.8 Å². The van der Waals surface area contributed by atoms with Gasteiger partial charge in [0.1, 0.15) is 16.6 Å². The first kappa shape index (κ1) is 17.9. The van der Waals surface area contributed by atoms with Crippen LogP contribution >= 0.6 is 11.3 Å². The Bertz CT molecular complexity index is 1020. The zero-order valence-electron chi connectivity index (χ0n) is 15.4. The molecule has 0 amide bonds. The molecule has 0 unspecified atom stereocenters. The van der Waals surface area contributed by atoms with E-state index < -0.39 is 0 Å². The smallest absolute Gasteiger partial charge is 0.136 e. The third-order valence-corrected chi connectivity index (χ3v) is 5.14. The monoisotopic (exact) mass is 359 g/mol. The summed E-state index contributed by atoms with van der Waals surface area (Å²) in [6, 6.07) is 14.8. The molecule has 0 atom stereocenters. The third kappa shape index (κ3) is 3.84. The number of hydrogen-bond donors (Lipinski definition) is 1. The summed E-state index contributed by atoms with van der Waals surface area (Å²) in [6.45, 7) is 8.29. The van der Waals surface area contributed by atoms with Gasteiger partial charge in [0.2, 0.25) is 0 Å². The number of aryl methyl sites for hydroxylation is 4. The quantitative estimate of drug-likeness (QED) is 0.579. The van der Waals surface area contributed by atoms with E-state index in [2.05, 4.69) is 74.4 Å². The number of anilines is 1. The first-order valence-corrected chi connectivity index (χ1v) is 9.33. The lowest BCUT2D eigenvalue weighted by atomic mass is 10.0. The summed E-state index contributed by atoms with van der Waals surface area (Å²) in [6.07, 6.45) is 1.74. The predicted octanol–water partition coefficient (Wildman–Crippen LogP) is 6.02. The van der Waals surface area contributed by atoms with Crippen molar-refractivity contribution in [2.45, 2.75) is 27.7 Å². The molecule has 1 N–H and O–H groups in total. The van der Waals surface area contributed by atoms with E-state index in [0.717, 1.165) is 27.5 Å². The van der Waals surface area contributed by atoms with Gasteiger partial charge in [0.05, 0.1) is 5.69 Å². The lowest BCUT2D eigenvalue weighted by Gasteiger charge is -2.06. The molecular formula is C22H21N3S. The minimum atomic E-state index is 0.533. The first-order valence-electron chi connectivity index (χ1n) is 8.45. The molecule has 1 heterocycles. The zero-order valence-corrected chi connectivity index (χ0v) is 16.2. The Hall–Kier alpha value is -2.90. The molecule has 3 aromatic rings. The van der Waals surface area contributed by atoms with Crippen molar-refractivity contribution < 1.29 is 0 Å². The lowest BCUT2D eigenvalue weighted by Crippen LogP contribution is -1.94. The average molecular weight is 359 g/mol. The van der Waals surface area contributed by atoms with Crippen molar-refractivity contribution >= 4 is 22.6 Å². The summed E-state index contributed by atoms with van der Waals surface area (Å²) in [4.78, 5) is 4.68.